The Hall–Kier alpha value is -1.26. The molecule has 0 aliphatic carbocycles. The van der Waals surface area contributed by atoms with Crippen LogP contribution in [0.3, 0.4) is 0 Å². The third kappa shape index (κ3) is 3.15. The van der Waals surface area contributed by atoms with Crippen molar-refractivity contribution >= 4 is 17.6 Å². The van der Waals surface area contributed by atoms with Crippen LogP contribution in [-0.4, -0.2) is 26.0 Å². The maximum Gasteiger partial charge on any atom is 0.339 e. The Kier molecular flexibility index (Phi) is 4.44. The van der Waals surface area contributed by atoms with Crippen molar-refractivity contribution in [1.29, 1.82) is 0 Å². The number of carbonyl (C=O) groups is 1. The van der Waals surface area contributed by atoms with E-state index in [1.807, 2.05) is 0 Å². The van der Waals surface area contributed by atoms with E-state index >= 15 is 0 Å². The molecule has 0 aromatic heterocycles. The summed E-state index contributed by atoms with van der Waals surface area (Å²) in [5.74, 6) is 0.139. The first-order valence-electron chi connectivity index (χ1n) is 5.87. The van der Waals surface area contributed by atoms with Crippen LogP contribution in [0.15, 0.2) is 18.2 Å². The number of rotatable bonds is 3. The molecule has 0 spiro atoms. The van der Waals surface area contributed by atoms with E-state index in [4.69, 9.17) is 21.1 Å². The van der Waals surface area contributed by atoms with Crippen LogP contribution in [-0.2, 0) is 9.47 Å². The first-order valence-corrected chi connectivity index (χ1v) is 6.24. The normalized spacial score (nSPS) is 19.3. The maximum atomic E-state index is 11.4. The van der Waals surface area contributed by atoms with Gasteiger partial charge in [0, 0.05) is 6.42 Å². The molecule has 1 unspecified atom stereocenters. The zero-order valence-corrected chi connectivity index (χ0v) is 10.9. The number of halogens is 1. The minimum absolute atomic E-state index is 0.223. The van der Waals surface area contributed by atoms with Crippen molar-refractivity contribution in [3.05, 3.63) is 28.8 Å². The van der Waals surface area contributed by atoms with Gasteiger partial charge < -0.3 is 14.2 Å². The lowest BCUT2D eigenvalue weighted by molar-refractivity contribution is -0.105. The molecule has 1 aliphatic heterocycles. The van der Waals surface area contributed by atoms with Crippen molar-refractivity contribution in [2.45, 2.75) is 25.6 Å². The number of hydrogen-bond acceptors (Lipinski definition) is 4. The van der Waals surface area contributed by atoms with Gasteiger partial charge >= 0.3 is 5.97 Å². The smallest absolute Gasteiger partial charge is 0.339 e. The van der Waals surface area contributed by atoms with E-state index in [0.717, 1.165) is 25.9 Å². The molecule has 1 aromatic rings. The van der Waals surface area contributed by atoms with Gasteiger partial charge in [-0.3, -0.25) is 0 Å². The van der Waals surface area contributed by atoms with E-state index in [2.05, 4.69) is 4.74 Å². The summed E-state index contributed by atoms with van der Waals surface area (Å²) < 4.78 is 15.7. The molecule has 0 N–H and O–H groups in total. The Balaban J connectivity index is 2.06. The zero-order valence-electron chi connectivity index (χ0n) is 10.1. The van der Waals surface area contributed by atoms with Crippen molar-refractivity contribution in [3.63, 3.8) is 0 Å². The van der Waals surface area contributed by atoms with Crippen LogP contribution >= 0.6 is 11.6 Å². The lowest BCUT2D eigenvalue weighted by atomic mass is 10.2. The molecule has 0 radical (unpaired) electrons. The topological polar surface area (TPSA) is 44.8 Å². The molecule has 1 saturated heterocycles. The predicted molar refractivity (Wildman–Crippen MR) is 67.0 cm³/mol. The van der Waals surface area contributed by atoms with E-state index in [1.165, 1.54) is 7.11 Å². The quantitative estimate of drug-likeness (QED) is 0.792. The first kappa shape index (κ1) is 13.2. The summed E-state index contributed by atoms with van der Waals surface area (Å²) >= 11 is 6.00. The van der Waals surface area contributed by atoms with Gasteiger partial charge in [-0.1, -0.05) is 11.6 Å². The summed E-state index contributed by atoms with van der Waals surface area (Å²) in [5.41, 5.74) is 0.330. The molecular formula is C13H15ClO4. The van der Waals surface area contributed by atoms with Crippen LogP contribution < -0.4 is 4.74 Å². The van der Waals surface area contributed by atoms with Gasteiger partial charge in [-0.15, -0.1) is 0 Å². The molecule has 2 rings (SSSR count). The summed E-state index contributed by atoms with van der Waals surface area (Å²) in [5, 5.41) is 0.315. The van der Waals surface area contributed by atoms with Crippen LogP contribution in [0.5, 0.6) is 5.75 Å². The molecule has 18 heavy (non-hydrogen) atoms. The molecule has 5 heteroatoms. The molecule has 0 saturated carbocycles. The number of hydrogen-bond donors (Lipinski definition) is 0. The van der Waals surface area contributed by atoms with Gasteiger partial charge in [-0.25, -0.2) is 4.79 Å². The number of carbonyl (C=O) groups excluding carboxylic acids is 1. The van der Waals surface area contributed by atoms with Crippen molar-refractivity contribution in [1.82, 2.24) is 0 Å². The number of esters is 1. The monoisotopic (exact) mass is 270 g/mol. The van der Waals surface area contributed by atoms with Crippen LogP contribution in [0.2, 0.25) is 5.02 Å². The first-order chi connectivity index (χ1) is 8.70. The fourth-order valence-electron chi connectivity index (χ4n) is 1.80. The van der Waals surface area contributed by atoms with E-state index in [9.17, 15) is 4.79 Å². The molecule has 98 valence electrons. The summed E-state index contributed by atoms with van der Waals surface area (Å²) in [6, 6.07) is 4.88. The molecule has 0 amide bonds. The van der Waals surface area contributed by atoms with Crippen LogP contribution in [0, 0.1) is 0 Å². The van der Waals surface area contributed by atoms with Gasteiger partial charge in [-0.2, -0.15) is 0 Å². The van der Waals surface area contributed by atoms with Gasteiger partial charge in [0.15, 0.2) is 6.29 Å². The van der Waals surface area contributed by atoms with Gasteiger partial charge in [0.2, 0.25) is 0 Å². The van der Waals surface area contributed by atoms with Gasteiger partial charge in [0.1, 0.15) is 5.75 Å². The average Bonchev–Trinajstić information content (AvgIpc) is 2.39. The molecule has 0 bridgehead atoms. The molecule has 1 atom stereocenters. The number of methoxy groups -OCH3 is 1. The second-order valence-corrected chi connectivity index (χ2v) is 4.45. The molecule has 1 fully saturated rings. The minimum atomic E-state index is -0.458. The Labute approximate surface area is 111 Å². The van der Waals surface area contributed by atoms with Gasteiger partial charge in [-0.05, 0) is 31.0 Å². The summed E-state index contributed by atoms with van der Waals surface area (Å²) in [6.45, 7) is 0.721. The maximum absolute atomic E-state index is 11.4. The number of ether oxygens (including phenoxy) is 3. The van der Waals surface area contributed by atoms with E-state index < -0.39 is 5.97 Å². The highest BCUT2D eigenvalue weighted by Crippen LogP contribution is 2.25. The fourth-order valence-corrected chi connectivity index (χ4v) is 2.05. The zero-order chi connectivity index (χ0) is 13.0. The Morgan fingerprint density at radius 1 is 1.44 bits per heavy atom. The van der Waals surface area contributed by atoms with E-state index in [1.54, 1.807) is 18.2 Å². The average molecular weight is 271 g/mol. The molecule has 4 nitrogen and oxygen atoms in total. The van der Waals surface area contributed by atoms with Gasteiger partial charge in [0.25, 0.3) is 0 Å². The largest absolute Gasteiger partial charge is 0.465 e. The van der Waals surface area contributed by atoms with Crippen LogP contribution in [0.25, 0.3) is 0 Å². The second kappa shape index (κ2) is 6.07. The highest BCUT2D eigenvalue weighted by molar-refractivity contribution is 6.33. The molecule has 1 aliphatic rings. The Morgan fingerprint density at radius 3 is 2.89 bits per heavy atom. The Morgan fingerprint density at radius 2 is 2.28 bits per heavy atom. The van der Waals surface area contributed by atoms with Crippen molar-refractivity contribution in [2.75, 3.05) is 13.7 Å². The van der Waals surface area contributed by atoms with Crippen molar-refractivity contribution in [3.8, 4) is 5.75 Å². The second-order valence-electron chi connectivity index (χ2n) is 4.05. The molecule has 1 heterocycles. The molecule has 1 aromatic carbocycles. The van der Waals surface area contributed by atoms with Crippen LogP contribution in [0.1, 0.15) is 29.6 Å². The van der Waals surface area contributed by atoms with Gasteiger partial charge in [0.05, 0.1) is 24.3 Å². The van der Waals surface area contributed by atoms with E-state index in [-0.39, 0.29) is 6.29 Å². The summed E-state index contributed by atoms with van der Waals surface area (Å²) in [7, 11) is 1.32. The third-order valence-corrected chi connectivity index (χ3v) is 3.06. The van der Waals surface area contributed by atoms with E-state index in [0.29, 0.717) is 16.3 Å². The SMILES string of the molecule is COC(=O)c1ccc(OC2CCCCO2)cc1Cl. The standard InChI is InChI=1S/C13H15ClO4/c1-16-13(15)10-6-5-9(8-11(10)14)18-12-4-2-3-7-17-12/h5-6,8,12H,2-4,7H2,1H3. The van der Waals surface area contributed by atoms with Crippen LogP contribution in [0.4, 0.5) is 0 Å². The predicted octanol–water partition coefficient (Wildman–Crippen LogP) is 3.03. The fraction of sp³-hybridized carbons (Fsp3) is 0.462. The molecular weight excluding hydrogens is 256 g/mol. The Bertz CT molecular complexity index is 427. The highest BCUT2D eigenvalue weighted by Gasteiger charge is 2.17. The lowest BCUT2D eigenvalue weighted by Gasteiger charge is -2.23. The third-order valence-electron chi connectivity index (χ3n) is 2.75. The van der Waals surface area contributed by atoms with Crippen molar-refractivity contribution in [2.24, 2.45) is 0 Å². The summed E-state index contributed by atoms with van der Waals surface area (Å²) in [4.78, 5) is 11.4. The highest BCUT2D eigenvalue weighted by atomic mass is 35.5. The number of benzene rings is 1. The van der Waals surface area contributed by atoms with Crippen molar-refractivity contribution < 1.29 is 19.0 Å². The minimum Gasteiger partial charge on any atom is -0.465 e. The summed E-state index contributed by atoms with van der Waals surface area (Å²) in [6.07, 6.45) is 2.82. The lowest BCUT2D eigenvalue weighted by Crippen LogP contribution is -2.25.